The summed E-state index contributed by atoms with van der Waals surface area (Å²) in [7, 11) is 4.00. The number of rotatable bonds is 5. The summed E-state index contributed by atoms with van der Waals surface area (Å²) in [4.78, 5) is 17.9. The van der Waals surface area contributed by atoms with Crippen LogP contribution in [0.2, 0.25) is 10.2 Å². The summed E-state index contributed by atoms with van der Waals surface area (Å²) in [6.07, 6.45) is 1.42. The molecular weight excluding hydrogens is 285 g/mol. The van der Waals surface area contributed by atoms with Gasteiger partial charge in [-0.3, -0.25) is 4.79 Å². The van der Waals surface area contributed by atoms with Crippen LogP contribution in [0.5, 0.6) is 0 Å². The Morgan fingerprint density at radius 2 is 2.05 bits per heavy atom. The van der Waals surface area contributed by atoms with Crippen LogP contribution in [0.15, 0.2) is 12.3 Å². The number of aromatic nitrogens is 1. The number of nitrogens with one attached hydrogen (secondary N) is 1. The molecule has 0 aliphatic heterocycles. The van der Waals surface area contributed by atoms with Gasteiger partial charge in [-0.1, -0.05) is 37.0 Å². The van der Waals surface area contributed by atoms with Crippen molar-refractivity contribution in [2.75, 3.05) is 20.6 Å². The highest BCUT2D eigenvalue weighted by Gasteiger charge is 2.17. The van der Waals surface area contributed by atoms with Gasteiger partial charge in [-0.25, -0.2) is 4.98 Å². The molecule has 0 saturated heterocycles. The number of carbonyl (C=O) groups excluding carboxylic acids is 1. The molecule has 1 heterocycles. The van der Waals surface area contributed by atoms with Gasteiger partial charge in [0.05, 0.1) is 10.6 Å². The van der Waals surface area contributed by atoms with E-state index in [1.807, 2.05) is 14.1 Å². The molecule has 0 fully saturated rings. The highest BCUT2D eigenvalue weighted by molar-refractivity contribution is 6.41. The molecular formula is C13H19Cl2N3O. The van der Waals surface area contributed by atoms with Gasteiger partial charge in [-0.2, -0.15) is 0 Å². The second kappa shape index (κ2) is 7.08. The van der Waals surface area contributed by atoms with Gasteiger partial charge in [0.2, 0.25) is 0 Å². The van der Waals surface area contributed by atoms with Crippen molar-refractivity contribution in [3.8, 4) is 0 Å². The van der Waals surface area contributed by atoms with Crippen molar-refractivity contribution < 1.29 is 4.79 Å². The zero-order valence-corrected chi connectivity index (χ0v) is 13.1. The van der Waals surface area contributed by atoms with Crippen LogP contribution in [0, 0.1) is 5.92 Å². The van der Waals surface area contributed by atoms with Crippen LogP contribution < -0.4 is 5.32 Å². The first-order valence-electron chi connectivity index (χ1n) is 6.08. The number of hydrogen-bond acceptors (Lipinski definition) is 3. The molecule has 0 saturated carbocycles. The summed E-state index contributed by atoms with van der Waals surface area (Å²) >= 11 is 11.6. The van der Waals surface area contributed by atoms with Gasteiger partial charge in [-0.15, -0.1) is 0 Å². The van der Waals surface area contributed by atoms with Crippen LogP contribution >= 0.6 is 23.2 Å². The molecule has 1 aromatic heterocycles. The Morgan fingerprint density at radius 3 is 2.53 bits per heavy atom. The molecule has 4 nitrogen and oxygen atoms in total. The zero-order valence-electron chi connectivity index (χ0n) is 11.6. The number of likely N-dealkylation sites (N-methyl/N-ethyl adjacent to an activating group) is 1. The Kier molecular flexibility index (Phi) is 6.04. The molecule has 6 heteroatoms. The van der Waals surface area contributed by atoms with Crippen molar-refractivity contribution in [3.05, 3.63) is 28.0 Å². The Morgan fingerprint density at radius 1 is 1.42 bits per heavy atom. The Bertz CT molecular complexity index is 442. The minimum atomic E-state index is -0.196. The molecule has 1 aromatic rings. The number of amides is 1. The third kappa shape index (κ3) is 4.64. The number of halogens is 2. The first kappa shape index (κ1) is 16.2. The summed E-state index contributed by atoms with van der Waals surface area (Å²) in [6, 6.07) is 1.80. The van der Waals surface area contributed by atoms with E-state index in [9.17, 15) is 4.79 Å². The normalized spacial score (nSPS) is 12.8. The summed E-state index contributed by atoms with van der Waals surface area (Å²) in [6.45, 7) is 4.82. The largest absolute Gasteiger partial charge is 0.350 e. The van der Waals surface area contributed by atoms with E-state index < -0.39 is 0 Å². The first-order chi connectivity index (χ1) is 8.82. The van der Waals surface area contributed by atoms with Gasteiger partial charge < -0.3 is 10.2 Å². The van der Waals surface area contributed by atoms with Crippen LogP contribution in [0.3, 0.4) is 0 Å². The van der Waals surface area contributed by atoms with Gasteiger partial charge in [0.25, 0.3) is 5.91 Å². The van der Waals surface area contributed by atoms with E-state index in [-0.39, 0.29) is 22.1 Å². The highest BCUT2D eigenvalue weighted by Crippen LogP contribution is 2.19. The molecule has 0 aromatic carbocycles. The topological polar surface area (TPSA) is 45.2 Å². The van der Waals surface area contributed by atoms with E-state index in [0.29, 0.717) is 18.0 Å². The molecule has 0 aliphatic rings. The Hall–Kier alpha value is -0.840. The fourth-order valence-electron chi connectivity index (χ4n) is 1.86. The third-order valence-electron chi connectivity index (χ3n) is 2.96. The summed E-state index contributed by atoms with van der Waals surface area (Å²) in [5, 5.41) is 3.37. The minimum absolute atomic E-state index is 0.196. The molecule has 1 rings (SSSR count). The average molecular weight is 304 g/mol. The van der Waals surface area contributed by atoms with Crippen molar-refractivity contribution in [1.29, 1.82) is 0 Å². The number of nitrogens with zero attached hydrogens (tertiary/aromatic N) is 2. The van der Waals surface area contributed by atoms with E-state index in [4.69, 9.17) is 23.2 Å². The predicted octanol–water partition coefficient (Wildman–Crippen LogP) is 2.70. The molecule has 1 unspecified atom stereocenters. The quantitative estimate of drug-likeness (QED) is 0.851. The van der Waals surface area contributed by atoms with Gasteiger partial charge in [-0.05, 0) is 26.1 Å². The fraction of sp³-hybridized carbons (Fsp3) is 0.538. The standard InChI is InChI=1S/C13H19Cl2N3O/c1-8(2)11(18(3)4)7-17-13(19)9-5-10(14)12(15)16-6-9/h5-6,8,11H,7H2,1-4H3,(H,17,19). The van der Waals surface area contributed by atoms with Crippen LogP contribution in [0.25, 0.3) is 0 Å². The molecule has 19 heavy (non-hydrogen) atoms. The highest BCUT2D eigenvalue weighted by atomic mass is 35.5. The van der Waals surface area contributed by atoms with Gasteiger partial charge >= 0.3 is 0 Å². The van der Waals surface area contributed by atoms with Gasteiger partial charge in [0.15, 0.2) is 0 Å². The summed E-state index contributed by atoms with van der Waals surface area (Å²) < 4.78 is 0. The minimum Gasteiger partial charge on any atom is -0.350 e. The summed E-state index contributed by atoms with van der Waals surface area (Å²) in [5.74, 6) is 0.251. The second-order valence-corrected chi connectivity index (χ2v) is 5.75. The maximum absolute atomic E-state index is 12.0. The van der Waals surface area contributed by atoms with Crippen LogP contribution in [0.1, 0.15) is 24.2 Å². The number of pyridine rings is 1. The average Bonchev–Trinajstić information content (AvgIpc) is 2.31. The van der Waals surface area contributed by atoms with Crippen molar-refractivity contribution in [3.63, 3.8) is 0 Å². The van der Waals surface area contributed by atoms with Crippen molar-refractivity contribution >= 4 is 29.1 Å². The Balaban J connectivity index is 2.66. The van der Waals surface area contributed by atoms with Gasteiger partial charge in [0, 0.05) is 18.8 Å². The first-order valence-corrected chi connectivity index (χ1v) is 6.84. The molecule has 0 bridgehead atoms. The molecule has 1 N–H and O–H groups in total. The van der Waals surface area contributed by atoms with Crippen molar-refractivity contribution in [2.45, 2.75) is 19.9 Å². The zero-order chi connectivity index (χ0) is 14.6. The lowest BCUT2D eigenvalue weighted by Gasteiger charge is -2.28. The third-order valence-corrected chi connectivity index (χ3v) is 3.65. The lowest BCUT2D eigenvalue weighted by atomic mass is 10.0. The fourth-order valence-corrected chi connectivity index (χ4v) is 2.13. The van der Waals surface area contributed by atoms with E-state index in [0.717, 1.165) is 0 Å². The molecule has 0 radical (unpaired) electrons. The van der Waals surface area contributed by atoms with Crippen LogP contribution in [-0.2, 0) is 0 Å². The lowest BCUT2D eigenvalue weighted by molar-refractivity contribution is 0.0934. The van der Waals surface area contributed by atoms with E-state index in [2.05, 4.69) is 29.0 Å². The molecule has 1 atom stereocenters. The maximum atomic E-state index is 12.0. The second-order valence-electron chi connectivity index (χ2n) is 4.98. The van der Waals surface area contributed by atoms with Crippen LogP contribution in [0.4, 0.5) is 0 Å². The SMILES string of the molecule is CC(C)C(CNC(=O)c1cnc(Cl)c(Cl)c1)N(C)C. The monoisotopic (exact) mass is 303 g/mol. The lowest BCUT2D eigenvalue weighted by Crippen LogP contribution is -2.43. The molecule has 106 valence electrons. The van der Waals surface area contributed by atoms with E-state index in [1.54, 1.807) is 0 Å². The van der Waals surface area contributed by atoms with E-state index in [1.165, 1.54) is 12.3 Å². The summed E-state index contributed by atoms with van der Waals surface area (Å²) in [5.41, 5.74) is 0.413. The van der Waals surface area contributed by atoms with Gasteiger partial charge in [0.1, 0.15) is 5.15 Å². The maximum Gasteiger partial charge on any atom is 0.252 e. The smallest absolute Gasteiger partial charge is 0.252 e. The van der Waals surface area contributed by atoms with Crippen molar-refractivity contribution in [1.82, 2.24) is 15.2 Å². The number of hydrogen-bond donors (Lipinski definition) is 1. The molecule has 0 spiro atoms. The predicted molar refractivity (Wildman–Crippen MR) is 78.9 cm³/mol. The molecule has 0 aliphatic carbocycles. The van der Waals surface area contributed by atoms with Crippen LogP contribution in [-0.4, -0.2) is 42.5 Å². The molecule has 1 amide bonds. The Labute approximate surface area is 124 Å². The van der Waals surface area contributed by atoms with Crippen molar-refractivity contribution in [2.24, 2.45) is 5.92 Å². The van der Waals surface area contributed by atoms with E-state index >= 15 is 0 Å². The number of carbonyl (C=O) groups is 1.